The molecular weight excluding hydrogens is 158 g/mol. The molecule has 0 bridgehead atoms. The van der Waals surface area contributed by atoms with Crippen LogP contribution in [0.1, 0.15) is 44.7 Å². The minimum absolute atomic E-state index is 1.26. The lowest BCUT2D eigenvalue weighted by molar-refractivity contribution is 0.712. The van der Waals surface area contributed by atoms with Crippen molar-refractivity contribution in [3.63, 3.8) is 0 Å². The van der Waals surface area contributed by atoms with Crippen molar-refractivity contribution < 1.29 is 0 Å². The third-order valence-electron chi connectivity index (χ3n) is 2.92. The highest BCUT2D eigenvalue weighted by molar-refractivity contribution is 5.65. The van der Waals surface area contributed by atoms with Crippen LogP contribution in [0.5, 0.6) is 0 Å². The molecule has 1 aromatic rings. The van der Waals surface area contributed by atoms with Gasteiger partial charge in [-0.25, -0.2) is 0 Å². The van der Waals surface area contributed by atoms with Crippen molar-refractivity contribution in [3.8, 4) is 0 Å². The normalized spacial score (nSPS) is 18.8. The zero-order valence-corrected chi connectivity index (χ0v) is 8.27. The number of nitrogens with one attached hydrogen (secondary N) is 1. The number of hydrogen-bond donors (Lipinski definition) is 1. The Morgan fingerprint density at radius 2 is 2.00 bits per heavy atom. The van der Waals surface area contributed by atoms with E-state index in [1.165, 1.54) is 37.8 Å². The molecule has 1 heteroatoms. The van der Waals surface area contributed by atoms with Crippen molar-refractivity contribution in [3.05, 3.63) is 29.6 Å². The first-order chi connectivity index (χ1) is 6.38. The molecule has 1 heterocycles. The highest BCUT2D eigenvalue weighted by Crippen LogP contribution is 2.29. The zero-order valence-electron chi connectivity index (χ0n) is 8.27. The molecule has 0 saturated carbocycles. The third-order valence-corrected chi connectivity index (χ3v) is 2.92. The highest BCUT2D eigenvalue weighted by Gasteiger charge is 2.09. The van der Waals surface area contributed by atoms with Crippen molar-refractivity contribution in [2.75, 3.05) is 0 Å². The number of aromatic amines is 1. The first kappa shape index (κ1) is 8.61. The van der Waals surface area contributed by atoms with Crippen LogP contribution in [0.25, 0.3) is 5.57 Å². The molecule has 0 aliphatic heterocycles. The molecule has 1 aromatic heterocycles. The lowest BCUT2D eigenvalue weighted by atomic mass is 10.0. The molecular formula is C12H17N. The molecule has 0 amide bonds. The van der Waals surface area contributed by atoms with E-state index in [0.717, 1.165) is 0 Å². The molecule has 1 aliphatic rings. The van der Waals surface area contributed by atoms with Crippen molar-refractivity contribution >= 4 is 5.57 Å². The van der Waals surface area contributed by atoms with Gasteiger partial charge in [-0.3, -0.25) is 0 Å². The van der Waals surface area contributed by atoms with Crippen LogP contribution in [-0.2, 0) is 0 Å². The van der Waals surface area contributed by atoms with E-state index < -0.39 is 0 Å². The van der Waals surface area contributed by atoms with Gasteiger partial charge in [0.1, 0.15) is 0 Å². The lowest BCUT2D eigenvalue weighted by Crippen LogP contribution is -1.87. The molecule has 0 atom stereocenters. The van der Waals surface area contributed by atoms with Gasteiger partial charge in [-0.05, 0) is 50.3 Å². The topological polar surface area (TPSA) is 15.8 Å². The average Bonchev–Trinajstić information content (AvgIpc) is 2.56. The third kappa shape index (κ3) is 1.85. The summed E-state index contributed by atoms with van der Waals surface area (Å²) in [6.07, 6.45) is 8.67. The number of aromatic nitrogens is 1. The highest BCUT2D eigenvalue weighted by atomic mass is 14.7. The summed E-state index contributed by atoms with van der Waals surface area (Å²) in [4.78, 5) is 3.31. The van der Waals surface area contributed by atoms with Gasteiger partial charge in [0.25, 0.3) is 0 Å². The molecule has 0 spiro atoms. The first-order valence-corrected chi connectivity index (χ1v) is 5.20. The van der Waals surface area contributed by atoms with Crippen LogP contribution in [-0.4, -0.2) is 4.98 Å². The summed E-state index contributed by atoms with van der Waals surface area (Å²) in [6, 6.07) is 4.27. The van der Waals surface area contributed by atoms with Crippen molar-refractivity contribution in [2.45, 2.75) is 39.0 Å². The van der Waals surface area contributed by atoms with Gasteiger partial charge in [0.2, 0.25) is 0 Å². The second-order valence-electron chi connectivity index (χ2n) is 3.90. The molecule has 13 heavy (non-hydrogen) atoms. The van der Waals surface area contributed by atoms with E-state index in [9.17, 15) is 0 Å². The largest absolute Gasteiger partial charge is 0.361 e. The summed E-state index contributed by atoms with van der Waals surface area (Å²) in [5.74, 6) is 0. The van der Waals surface area contributed by atoms with Crippen LogP contribution < -0.4 is 0 Å². The molecule has 0 saturated heterocycles. The predicted molar refractivity (Wildman–Crippen MR) is 56.5 cm³/mol. The van der Waals surface area contributed by atoms with E-state index in [-0.39, 0.29) is 0 Å². The molecule has 0 unspecified atom stereocenters. The molecule has 70 valence electrons. The van der Waals surface area contributed by atoms with E-state index in [0.29, 0.717) is 0 Å². The van der Waals surface area contributed by atoms with Gasteiger partial charge in [0.15, 0.2) is 0 Å². The van der Waals surface area contributed by atoms with Gasteiger partial charge in [-0.1, -0.05) is 12.0 Å². The van der Waals surface area contributed by atoms with Gasteiger partial charge in [0.05, 0.1) is 0 Å². The molecule has 0 radical (unpaired) electrons. The van der Waals surface area contributed by atoms with E-state index >= 15 is 0 Å². The maximum Gasteiger partial charge on any atom is 0.0412 e. The quantitative estimate of drug-likeness (QED) is 0.669. The Labute approximate surface area is 79.9 Å². The van der Waals surface area contributed by atoms with Gasteiger partial charge >= 0.3 is 0 Å². The Kier molecular flexibility index (Phi) is 2.53. The number of rotatable bonds is 1. The molecule has 0 aromatic carbocycles. The van der Waals surface area contributed by atoms with Crippen molar-refractivity contribution in [1.29, 1.82) is 0 Å². The summed E-state index contributed by atoms with van der Waals surface area (Å²) >= 11 is 0. The summed E-state index contributed by atoms with van der Waals surface area (Å²) in [5.41, 5.74) is 4.47. The van der Waals surface area contributed by atoms with Crippen molar-refractivity contribution in [1.82, 2.24) is 4.98 Å². The van der Waals surface area contributed by atoms with Crippen LogP contribution in [0.3, 0.4) is 0 Å². The van der Waals surface area contributed by atoms with Gasteiger partial charge in [-0.15, -0.1) is 0 Å². The van der Waals surface area contributed by atoms with Crippen LogP contribution in [0.2, 0.25) is 0 Å². The van der Waals surface area contributed by atoms with Crippen LogP contribution in [0, 0.1) is 0 Å². The fourth-order valence-electron chi connectivity index (χ4n) is 2.12. The molecule has 1 nitrogen and oxygen atoms in total. The molecule has 1 aliphatic carbocycles. The SMILES string of the molecule is CC1=C(c2ccc[nH]2)CCCCC1. The number of H-pyrrole nitrogens is 1. The maximum absolute atomic E-state index is 3.31. The molecule has 0 fully saturated rings. The predicted octanol–water partition coefficient (Wildman–Crippen LogP) is 3.75. The van der Waals surface area contributed by atoms with Crippen LogP contribution in [0.4, 0.5) is 0 Å². The van der Waals surface area contributed by atoms with Gasteiger partial charge < -0.3 is 4.98 Å². The summed E-state index contributed by atoms with van der Waals surface area (Å²) in [7, 11) is 0. The fourth-order valence-corrected chi connectivity index (χ4v) is 2.12. The molecule has 1 N–H and O–H groups in total. The van der Waals surface area contributed by atoms with Crippen molar-refractivity contribution in [2.24, 2.45) is 0 Å². The van der Waals surface area contributed by atoms with Gasteiger partial charge in [0, 0.05) is 11.9 Å². The van der Waals surface area contributed by atoms with E-state index in [1.54, 1.807) is 11.1 Å². The number of allylic oxidation sites excluding steroid dienone is 2. The first-order valence-electron chi connectivity index (χ1n) is 5.20. The zero-order chi connectivity index (χ0) is 9.10. The fraction of sp³-hybridized carbons (Fsp3) is 0.500. The monoisotopic (exact) mass is 175 g/mol. The molecule has 2 rings (SSSR count). The standard InChI is InChI=1S/C12H17N/c1-10-6-3-2-4-7-11(10)12-8-5-9-13-12/h5,8-9,13H,2-4,6-7H2,1H3. The average molecular weight is 175 g/mol. The van der Waals surface area contributed by atoms with Gasteiger partial charge in [-0.2, -0.15) is 0 Å². The van der Waals surface area contributed by atoms with E-state index in [1.807, 2.05) is 6.20 Å². The second kappa shape index (κ2) is 3.82. The summed E-state index contributed by atoms with van der Waals surface area (Å²) in [6.45, 7) is 2.28. The Morgan fingerprint density at radius 3 is 2.77 bits per heavy atom. The minimum atomic E-state index is 1.26. The Morgan fingerprint density at radius 1 is 1.15 bits per heavy atom. The maximum atomic E-state index is 3.31. The van der Waals surface area contributed by atoms with E-state index in [2.05, 4.69) is 24.0 Å². The second-order valence-corrected chi connectivity index (χ2v) is 3.90. The van der Waals surface area contributed by atoms with Crippen LogP contribution in [0.15, 0.2) is 23.9 Å². The smallest absolute Gasteiger partial charge is 0.0412 e. The van der Waals surface area contributed by atoms with E-state index in [4.69, 9.17) is 0 Å². The summed E-state index contributed by atoms with van der Waals surface area (Å²) < 4.78 is 0. The Bertz CT molecular complexity index is 293. The lowest BCUT2D eigenvalue weighted by Gasteiger charge is -2.06. The Hall–Kier alpha value is -0.980. The minimum Gasteiger partial charge on any atom is -0.361 e. The number of hydrogen-bond acceptors (Lipinski definition) is 0. The summed E-state index contributed by atoms with van der Waals surface area (Å²) in [5, 5.41) is 0. The van der Waals surface area contributed by atoms with Crippen LogP contribution >= 0.6 is 0 Å². The Balaban J connectivity index is 2.28.